The monoisotopic (exact) mass is 142 g/mol. The zero-order chi connectivity index (χ0) is 7.56. The molecule has 0 aromatic rings. The topological polar surface area (TPSA) is 15.3 Å². The van der Waals surface area contributed by atoms with Gasteiger partial charge in [0.05, 0.1) is 0 Å². The van der Waals surface area contributed by atoms with Crippen LogP contribution in [0.5, 0.6) is 0 Å². The van der Waals surface area contributed by atoms with Gasteiger partial charge in [0.1, 0.15) is 0 Å². The highest BCUT2D eigenvalue weighted by Crippen LogP contribution is 2.09. The molecular formula is C8H18N2. The van der Waals surface area contributed by atoms with Crippen molar-refractivity contribution in [3.8, 4) is 0 Å². The van der Waals surface area contributed by atoms with E-state index in [9.17, 15) is 0 Å². The molecular weight excluding hydrogens is 124 g/mol. The van der Waals surface area contributed by atoms with Crippen molar-refractivity contribution in [2.45, 2.75) is 19.9 Å². The summed E-state index contributed by atoms with van der Waals surface area (Å²) in [6.07, 6.45) is 0. The minimum absolute atomic E-state index is 0.731. The van der Waals surface area contributed by atoms with Gasteiger partial charge in [-0.3, -0.25) is 0 Å². The average molecular weight is 142 g/mol. The van der Waals surface area contributed by atoms with Gasteiger partial charge in [-0.05, 0) is 26.4 Å². The van der Waals surface area contributed by atoms with Crippen LogP contribution >= 0.6 is 0 Å². The van der Waals surface area contributed by atoms with Crippen molar-refractivity contribution in [3.05, 3.63) is 0 Å². The third kappa shape index (κ3) is 1.70. The van der Waals surface area contributed by atoms with Gasteiger partial charge < -0.3 is 10.2 Å². The molecule has 0 aliphatic carbocycles. The van der Waals surface area contributed by atoms with Gasteiger partial charge in [-0.25, -0.2) is 0 Å². The molecule has 10 heavy (non-hydrogen) atoms. The van der Waals surface area contributed by atoms with E-state index in [1.807, 2.05) is 0 Å². The SMILES string of the molecule is CC1CNCCN(C)C1C. The minimum Gasteiger partial charge on any atom is -0.315 e. The molecule has 0 radical (unpaired) electrons. The lowest BCUT2D eigenvalue weighted by Gasteiger charge is -2.25. The van der Waals surface area contributed by atoms with Crippen molar-refractivity contribution in [2.24, 2.45) is 5.92 Å². The highest BCUT2D eigenvalue weighted by Gasteiger charge is 2.18. The van der Waals surface area contributed by atoms with E-state index >= 15 is 0 Å². The lowest BCUT2D eigenvalue weighted by Crippen LogP contribution is -2.34. The number of hydrogen-bond donors (Lipinski definition) is 1. The van der Waals surface area contributed by atoms with Gasteiger partial charge in [-0.1, -0.05) is 6.92 Å². The first kappa shape index (κ1) is 8.02. The van der Waals surface area contributed by atoms with Crippen molar-refractivity contribution in [1.82, 2.24) is 10.2 Å². The van der Waals surface area contributed by atoms with Crippen LogP contribution in [0.3, 0.4) is 0 Å². The Labute approximate surface area is 63.6 Å². The predicted molar refractivity (Wildman–Crippen MR) is 44.1 cm³/mol. The summed E-state index contributed by atoms with van der Waals surface area (Å²) in [7, 11) is 2.20. The maximum Gasteiger partial charge on any atom is 0.0107 e. The first-order valence-corrected chi connectivity index (χ1v) is 4.13. The Morgan fingerprint density at radius 1 is 1.40 bits per heavy atom. The Bertz CT molecular complexity index is 91.4. The molecule has 0 spiro atoms. The van der Waals surface area contributed by atoms with Crippen LogP contribution in [0.4, 0.5) is 0 Å². The van der Waals surface area contributed by atoms with E-state index in [-0.39, 0.29) is 0 Å². The molecule has 0 aromatic heterocycles. The molecule has 2 atom stereocenters. The number of hydrogen-bond acceptors (Lipinski definition) is 2. The second kappa shape index (κ2) is 3.35. The summed E-state index contributed by atoms with van der Waals surface area (Å²) < 4.78 is 0. The molecule has 60 valence electrons. The molecule has 2 unspecified atom stereocenters. The molecule has 2 nitrogen and oxygen atoms in total. The zero-order valence-corrected chi connectivity index (χ0v) is 7.22. The predicted octanol–water partition coefficient (Wildman–Crippen LogP) is 0.546. The number of nitrogens with zero attached hydrogens (tertiary/aromatic N) is 1. The van der Waals surface area contributed by atoms with Crippen LogP contribution in [0.1, 0.15) is 13.8 Å². The third-order valence-corrected chi connectivity index (χ3v) is 2.63. The van der Waals surface area contributed by atoms with Gasteiger partial charge in [-0.15, -0.1) is 0 Å². The van der Waals surface area contributed by atoms with Gasteiger partial charge in [0.15, 0.2) is 0 Å². The standard InChI is InChI=1S/C8H18N2/c1-7-6-9-4-5-10(3)8(7)2/h7-9H,4-6H2,1-3H3. The van der Waals surface area contributed by atoms with E-state index in [2.05, 4.69) is 31.1 Å². The van der Waals surface area contributed by atoms with Crippen LogP contribution in [-0.2, 0) is 0 Å². The van der Waals surface area contributed by atoms with Crippen LogP contribution in [-0.4, -0.2) is 37.6 Å². The van der Waals surface area contributed by atoms with Gasteiger partial charge in [0, 0.05) is 19.1 Å². The molecule has 0 bridgehead atoms. The minimum atomic E-state index is 0.731. The van der Waals surface area contributed by atoms with Crippen molar-refractivity contribution < 1.29 is 0 Å². The normalized spacial score (nSPS) is 37.5. The summed E-state index contributed by atoms with van der Waals surface area (Å²) in [5.74, 6) is 0.785. The second-order valence-electron chi connectivity index (χ2n) is 3.40. The Hall–Kier alpha value is -0.0800. The van der Waals surface area contributed by atoms with Crippen molar-refractivity contribution in [2.75, 3.05) is 26.7 Å². The van der Waals surface area contributed by atoms with E-state index in [0.717, 1.165) is 18.5 Å². The van der Waals surface area contributed by atoms with E-state index < -0.39 is 0 Å². The van der Waals surface area contributed by atoms with Crippen LogP contribution in [0.2, 0.25) is 0 Å². The maximum atomic E-state index is 3.42. The average Bonchev–Trinajstić information content (AvgIpc) is 2.04. The molecule has 1 aliphatic rings. The Morgan fingerprint density at radius 2 is 2.10 bits per heavy atom. The summed E-state index contributed by atoms with van der Waals surface area (Å²) in [6.45, 7) is 8.11. The maximum absolute atomic E-state index is 3.42. The van der Waals surface area contributed by atoms with Crippen LogP contribution in [0.15, 0.2) is 0 Å². The fourth-order valence-electron chi connectivity index (χ4n) is 1.39. The lowest BCUT2D eigenvalue weighted by atomic mass is 10.0. The quantitative estimate of drug-likeness (QED) is 0.531. The van der Waals surface area contributed by atoms with E-state index in [0.29, 0.717) is 0 Å². The second-order valence-corrected chi connectivity index (χ2v) is 3.40. The zero-order valence-electron chi connectivity index (χ0n) is 7.22. The number of nitrogens with one attached hydrogen (secondary N) is 1. The molecule has 0 amide bonds. The first-order chi connectivity index (χ1) is 4.72. The highest BCUT2D eigenvalue weighted by atomic mass is 15.2. The Kier molecular flexibility index (Phi) is 2.69. The molecule has 1 N–H and O–H groups in total. The van der Waals surface area contributed by atoms with E-state index in [4.69, 9.17) is 0 Å². The summed E-state index contributed by atoms with van der Waals surface area (Å²) in [6, 6.07) is 0.731. The molecule has 1 heterocycles. The van der Waals surface area contributed by atoms with Crippen LogP contribution in [0.25, 0.3) is 0 Å². The summed E-state index contributed by atoms with van der Waals surface area (Å²) in [4.78, 5) is 2.42. The van der Waals surface area contributed by atoms with Gasteiger partial charge in [0.2, 0.25) is 0 Å². The van der Waals surface area contributed by atoms with Gasteiger partial charge in [-0.2, -0.15) is 0 Å². The summed E-state index contributed by atoms with van der Waals surface area (Å²) in [5.41, 5.74) is 0. The molecule has 2 heteroatoms. The fraction of sp³-hybridized carbons (Fsp3) is 1.00. The van der Waals surface area contributed by atoms with Crippen molar-refractivity contribution in [3.63, 3.8) is 0 Å². The summed E-state index contributed by atoms with van der Waals surface area (Å²) >= 11 is 0. The lowest BCUT2D eigenvalue weighted by molar-refractivity contribution is 0.227. The molecule has 0 aromatic carbocycles. The van der Waals surface area contributed by atoms with Crippen molar-refractivity contribution >= 4 is 0 Å². The highest BCUT2D eigenvalue weighted by molar-refractivity contribution is 4.76. The Morgan fingerprint density at radius 3 is 2.80 bits per heavy atom. The number of likely N-dealkylation sites (N-methyl/N-ethyl adjacent to an activating group) is 1. The van der Waals surface area contributed by atoms with E-state index in [1.165, 1.54) is 13.1 Å². The molecule has 0 saturated carbocycles. The first-order valence-electron chi connectivity index (χ1n) is 4.13. The third-order valence-electron chi connectivity index (χ3n) is 2.63. The van der Waals surface area contributed by atoms with Gasteiger partial charge in [0.25, 0.3) is 0 Å². The molecule has 1 rings (SSSR count). The molecule has 1 fully saturated rings. The van der Waals surface area contributed by atoms with E-state index in [1.54, 1.807) is 0 Å². The number of rotatable bonds is 0. The summed E-state index contributed by atoms with van der Waals surface area (Å²) in [5, 5.41) is 3.42. The largest absolute Gasteiger partial charge is 0.315 e. The van der Waals surface area contributed by atoms with Gasteiger partial charge >= 0.3 is 0 Å². The molecule has 1 saturated heterocycles. The van der Waals surface area contributed by atoms with Crippen molar-refractivity contribution in [1.29, 1.82) is 0 Å². The fourth-order valence-corrected chi connectivity index (χ4v) is 1.39. The van der Waals surface area contributed by atoms with Crippen LogP contribution in [0, 0.1) is 5.92 Å². The Balaban J connectivity index is 2.46. The molecule has 1 aliphatic heterocycles. The van der Waals surface area contributed by atoms with Crippen LogP contribution < -0.4 is 5.32 Å². The smallest absolute Gasteiger partial charge is 0.0107 e.